The third-order valence-corrected chi connectivity index (χ3v) is 3.01. The number of rotatable bonds is 4. The SMILES string of the molecule is CCCC(C)N(C)c1nc(N)nc2[nH]ncc12. The zero-order chi connectivity index (χ0) is 12.4. The summed E-state index contributed by atoms with van der Waals surface area (Å²) < 4.78 is 0. The number of hydrogen-bond acceptors (Lipinski definition) is 5. The number of nitrogens with two attached hydrogens (primary N) is 1. The largest absolute Gasteiger partial charge is 0.368 e. The van der Waals surface area contributed by atoms with Crippen LogP contribution in [-0.4, -0.2) is 33.3 Å². The Bertz CT molecular complexity index is 506. The minimum absolute atomic E-state index is 0.271. The van der Waals surface area contributed by atoms with E-state index in [1.165, 1.54) is 0 Å². The minimum Gasteiger partial charge on any atom is -0.368 e. The molecule has 92 valence electrons. The smallest absolute Gasteiger partial charge is 0.224 e. The summed E-state index contributed by atoms with van der Waals surface area (Å²) in [6.45, 7) is 4.35. The maximum absolute atomic E-state index is 5.70. The molecule has 0 fully saturated rings. The fourth-order valence-corrected chi connectivity index (χ4v) is 1.93. The predicted molar refractivity (Wildman–Crippen MR) is 68.9 cm³/mol. The van der Waals surface area contributed by atoms with Crippen molar-refractivity contribution in [2.45, 2.75) is 32.7 Å². The van der Waals surface area contributed by atoms with Gasteiger partial charge in [0.2, 0.25) is 5.95 Å². The van der Waals surface area contributed by atoms with Crippen molar-refractivity contribution in [1.29, 1.82) is 0 Å². The lowest BCUT2D eigenvalue weighted by molar-refractivity contribution is 0.613. The number of nitrogen functional groups attached to an aromatic ring is 1. The van der Waals surface area contributed by atoms with Crippen molar-refractivity contribution >= 4 is 22.8 Å². The van der Waals surface area contributed by atoms with Crippen LogP contribution in [0.2, 0.25) is 0 Å². The van der Waals surface area contributed by atoms with E-state index in [2.05, 4.69) is 38.9 Å². The molecule has 0 saturated carbocycles. The van der Waals surface area contributed by atoms with Crippen molar-refractivity contribution in [3.8, 4) is 0 Å². The third kappa shape index (κ3) is 2.15. The number of aromatic nitrogens is 4. The molecule has 0 aliphatic rings. The molecule has 2 heterocycles. The maximum atomic E-state index is 5.70. The van der Waals surface area contributed by atoms with Crippen LogP contribution in [0.3, 0.4) is 0 Å². The van der Waals surface area contributed by atoms with E-state index in [1.54, 1.807) is 6.20 Å². The van der Waals surface area contributed by atoms with Crippen molar-refractivity contribution in [3.63, 3.8) is 0 Å². The molecular formula is C11H18N6. The average Bonchev–Trinajstić information content (AvgIpc) is 2.75. The van der Waals surface area contributed by atoms with E-state index in [0.29, 0.717) is 11.7 Å². The first-order valence-electron chi connectivity index (χ1n) is 5.83. The van der Waals surface area contributed by atoms with Crippen LogP contribution in [0, 0.1) is 0 Å². The Morgan fingerprint density at radius 1 is 1.47 bits per heavy atom. The molecule has 0 aliphatic carbocycles. The Morgan fingerprint density at radius 2 is 2.24 bits per heavy atom. The van der Waals surface area contributed by atoms with Crippen LogP contribution in [0.1, 0.15) is 26.7 Å². The van der Waals surface area contributed by atoms with Gasteiger partial charge >= 0.3 is 0 Å². The number of nitrogens with one attached hydrogen (secondary N) is 1. The van der Waals surface area contributed by atoms with E-state index < -0.39 is 0 Å². The molecule has 1 atom stereocenters. The van der Waals surface area contributed by atoms with Crippen molar-refractivity contribution < 1.29 is 0 Å². The summed E-state index contributed by atoms with van der Waals surface area (Å²) in [7, 11) is 2.02. The Morgan fingerprint density at radius 3 is 2.94 bits per heavy atom. The average molecular weight is 234 g/mol. The molecule has 6 heteroatoms. The zero-order valence-corrected chi connectivity index (χ0v) is 10.4. The van der Waals surface area contributed by atoms with Crippen molar-refractivity contribution in [1.82, 2.24) is 20.2 Å². The lowest BCUT2D eigenvalue weighted by Gasteiger charge is -2.26. The van der Waals surface area contributed by atoms with Gasteiger partial charge < -0.3 is 10.6 Å². The highest BCUT2D eigenvalue weighted by atomic mass is 15.2. The molecular weight excluding hydrogens is 216 g/mol. The highest BCUT2D eigenvalue weighted by molar-refractivity contribution is 5.87. The van der Waals surface area contributed by atoms with Gasteiger partial charge in [-0.05, 0) is 13.3 Å². The van der Waals surface area contributed by atoms with Crippen molar-refractivity contribution in [2.24, 2.45) is 0 Å². The molecule has 2 aromatic heterocycles. The monoisotopic (exact) mass is 234 g/mol. The van der Waals surface area contributed by atoms with Gasteiger partial charge in [-0.1, -0.05) is 13.3 Å². The quantitative estimate of drug-likeness (QED) is 0.838. The highest BCUT2D eigenvalue weighted by Crippen LogP contribution is 2.24. The van der Waals surface area contributed by atoms with Crippen molar-refractivity contribution in [3.05, 3.63) is 6.20 Å². The highest BCUT2D eigenvalue weighted by Gasteiger charge is 2.16. The van der Waals surface area contributed by atoms with E-state index in [0.717, 1.165) is 24.0 Å². The summed E-state index contributed by atoms with van der Waals surface area (Å²) in [6.07, 6.45) is 3.99. The summed E-state index contributed by atoms with van der Waals surface area (Å²) >= 11 is 0. The number of H-pyrrole nitrogens is 1. The zero-order valence-electron chi connectivity index (χ0n) is 10.4. The van der Waals surface area contributed by atoms with Crippen LogP contribution < -0.4 is 10.6 Å². The second kappa shape index (κ2) is 4.57. The van der Waals surface area contributed by atoms with Crippen LogP contribution in [0.4, 0.5) is 11.8 Å². The van der Waals surface area contributed by atoms with Gasteiger partial charge in [0.05, 0.1) is 11.6 Å². The molecule has 2 rings (SSSR count). The second-order valence-electron chi connectivity index (χ2n) is 4.29. The predicted octanol–water partition coefficient (Wildman–Crippen LogP) is 1.56. The van der Waals surface area contributed by atoms with Crippen LogP contribution in [0.25, 0.3) is 11.0 Å². The van der Waals surface area contributed by atoms with E-state index in [1.807, 2.05) is 7.05 Å². The fourth-order valence-electron chi connectivity index (χ4n) is 1.93. The summed E-state index contributed by atoms with van der Waals surface area (Å²) in [5.41, 5.74) is 6.38. The molecule has 0 aromatic carbocycles. The van der Waals surface area contributed by atoms with Gasteiger partial charge in [-0.3, -0.25) is 5.10 Å². The molecule has 0 aliphatic heterocycles. The third-order valence-electron chi connectivity index (χ3n) is 3.01. The molecule has 0 amide bonds. The maximum Gasteiger partial charge on any atom is 0.224 e. The summed E-state index contributed by atoms with van der Waals surface area (Å²) in [4.78, 5) is 10.5. The number of aromatic amines is 1. The van der Waals surface area contributed by atoms with Gasteiger partial charge in [0.1, 0.15) is 5.82 Å². The van der Waals surface area contributed by atoms with Gasteiger partial charge in [0.15, 0.2) is 5.65 Å². The van der Waals surface area contributed by atoms with Crippen LogP contribution in [0.15, 0.2) is 6.20 Å². The first-order valence-corrected chi connectivity index (χ1v) is 5.83. The standard InChI is InChI=1S/C11H18N6/c1-4-5-7(2)17(3)10-8-6-13-16-9(8)14-11(12)15-10/h6-7H,4-5H2,1-3H3,(H3,12,13,14,15,16). The molecule has 0 radical (unpaired) electrons. The van der Waals surface area contributed by atoms with Crippen LogP contribution in [0.5, 0.6) is 0 Å². The molecule has 0 saturated heterocycles. The normalized spacial score (nSPS) is 12.9. The topological polar surface area (TPSA) is 83.7 Å². The lowest BCUT2D eigenvalue weighted by atomic mass is 10.1. The van der Waals surface area contributed by atoms with Gasteiger partial charge in [-0.25, -0.2) is 0 Å². The molecule has 6 nitrogen and oxygen atoms in total. The first-order chi connectivity index (χ1) is 8.13. The number of nitrogens with zero attached hydrogens (tertiary/aromatic N) is 4. The summed E-state index contributed by atoms with van der Waals surface area (Å²) in [5.74, 6) is 1.11. The van der Waals surface area contributed by atoms with Gasteiger partial charge in [0.25, 0.3) is 0 Å². The van der Waals surface area contributed by atoms with Gasteiger partial charge in [-0.15, -0.1) is 0 Å². The summed E-state index contributed by atoms with van der Waals surface area (Å²) in [6, 6.07) is 0.410. The fraction of sp³-hybridized carbons (Fsp3) is 0.545. The second-order valence-corrected chi connectivity index (χ2v) is 4.29. The molecule has 1 unspecified atom stereocenters. The molecule has 17 heavy (non-hydrogen) atoms. The van der Waals surface area contributed by atoms with E-state index in [4.69, 9.17) is 5.73 Å². The van der Waals surface area contributed by atoms with Crippen LogP contribution in [-0.2, 0) is 0 Å². The van der Waals surface area contributed by atoms with E-state index in [-0.39, 0.29) is 5.95 Å². The Balaban J connectivity index is 2.43. The molecule has 0 bridgehead atoms. The van der Waals surface area contributed by atoms with E-state index >= 15 is 0 Å². The number of hydrogen-bond donors (Lipinski definition) is 2. The summed E-state index contributed by atoms with van der Waals surface area (Å²) in [5, 5.41) is 7.71. The Kier molecular flexibility index (Phi) is 3.12. The molecule has 3 N–H and O–H groups in total. The molecule has 0 spiro atoms. The first kappa shape index (κ1) is 11.6. The van der Waals surface area contributed by atoms with E-state index in [9.17, 15) is 0 Å². The number of fused-ring (bicyclic) bond motifs is 1. The van der Waals surface area contributed by atoms with Crippen molar-refractivity contribution in [2.75, 3.05) is 17.7 Å². The lowest BCUT2D eigenvalue weighted by Crippen LogP contribution is -2.29. The Labute approximate surface area is 100 Å². The Hall–Kier alpha value is -1.85. The van der Waals surface area contributed by atoms with Gasteiger partial charge in [0, 0.05) is 13.1 Å². The molecule has 2 aromatic rings. The minimum atomic E-state index is 0.271. The van der Waals surface area contributed by atoms with Gasteiger partial charge in [-0.2, -0.15) is 15.1 Å². The van der Waals surface area contributed by atoms with Crippen LogP contribution >= 0.6 is 0 Å². The number of anilines is 2.